The normalized spacial score (nSPS) is 18.0. The van der Waals surface area contributed by atoms with Gasteiger partial charge in [-0.05, 0) is 26.2 Å². The molecule has 1 aliphatic rings. The zero-order valence-corrected chi connectivity index (χ0v) is 12.3. The zero-order valence-electron chi connectivity index (χ0n) is 12.3. The van der Waals surface area contributed by atoms with Crippen LogP contribution in [0.1, 0.15) is 26.2 Å². The molecule has 0 aromatic carbocycles. The fraction of sp³-hybridized carbons (Fsp3) is 0.643. The molecule has 0 aliphatic carbocycles. The minimum atomic E-state index is -1.10. The average molecular weight is 298 g/mol. The van der Waals surface area contributed by atoms with E-state index in [0.717, 1.165) is 17.7 Å². The van der Waals surface area contributed by atoms with E-state index in [1.54, 1.807) is 6.92 Å². The van der Waals surface area contributed by atoms with Crippen LogP contribution >= 0.6 is 0 Å². The second-order valence-corrected chi connectivity index (χ2v) is 4.80. The molecule has 0 bridgehead atoms. The first-order chi connectivity index (χ1) is 10.0. The highest BCUT2D eigenvalue weighted by Crippen LogP contribution is 2.20. The van der Waals surface area contributed by atoms with Crippen molar-refractivity contribution in [1.82, 2.24) is 9.80 Å². The molecule has 0 radical (unpaired) electrons. The topological polar surface area (TPSA) is 87.2 Å². The molecule has 0 spiro atoms. The van der Waals surface area contributed by atoms with Crippen LogP contribution in [0.25, 0.3) is 0 Å². The first-order valence-corrected chi connectivity index (χ1v) is 7.06. The summed E-state index contributed by atoms with van der Waals surface area (Å²) in [7, 11) is 0. The van der Waals surface area contributed by atoms with Crippen molar-refractivity contribution in [3.05, 3.63) is 12.7 Å². The van der Waals surface area contributed by atoms with Gasteiger partial charge in [0.15, 0.2) is 0 Å². The molecular formula is C14H22N2O5. The quantitative estimate of drug-likeness (QED) is 0.586. The van der Waals surface area contributed by atoms with E-state index < -0.39 is 30.6 Å². The Morgan fingerprint density at radius 3 is 2.71 bits per heavy atom. The summed E-state index contributed by atoms with van der Waals surface area (Å²) in [6.07, 6.45) is 3.63. The van der Waals surface area contributed by atoms with Gasteiger partial charge in [-0.3, -0.25) is 4.79 Å². The fourth-order valence-electron chi connectivity index (χ4n) is 2.36. The summed E-state index contributed by atoms with van der Waals surface area (Å²) in [5.74, 6) is -1.53. The smallest absolute Gasteiger partial charge is 0.328 e. The van der Waals surface area contributed by atoms with Crippen molar-refractivity contribution in [1.29, 1.82) is 0 Å². The van der Waals surface area contributed by atoms with E-state index in [-0.39, 0.29) is 13.2 Å². The van der Waals surface area contributed by atoms with Gasteiger partial charge in [-0.2, -0.15) is 0 Å². The van der Waals surface area contributed by atoms with E-state index in [1.165, 1.54) is 11.0 Å². The number of likely N-dealkylation sites (tertiary alicyclic amines) is 1. The number of urea groups is 1. The lowest BCUT2D eigenvalue weighted by Gasteiger charge is -2.37. The second kappa shape index (κ2) is 8.28. The lowest BCUT2D eigenvalue weighted by molar-refractivity contribution is -0.149. The van der Waals surface area contributed by atoms with Crippen LogP contribution in [0.2, 0.25) is 0 Å². The van der Waals surface area contributed by atoms with Gasteiger partial charge < -0.3 is 19.6 Å². The number of esters is 1. The lowest BCUT2D eigenvalue weighted by atomic mass is 10.0. The number of nitrogens with zero attached hydrogens (tertiary/aromatic N) is 2. The number of hydrogen-bond donors (Lipinski definition) is 1. The zero-order chi connectivity index (χ0) is 15.8. The van der Waals surface area contributed by atoms with Crippen LogP contribution in [0.4, 0.5) is 4.79 Å². The molecule has 1 aliphatic heterocycles. The molecule has 7 heteroatoms. The van der Waals surface area contributed by atoms with Crippen LogP contribution in [0.5, 0.6) is 0 Å². The van der Waals surface area contributed by atoms with Crippen molar-refractivity contribution >= 4 is 18.0 Å². The van der Waals surface area contributed by atoms with Gasteiger partial charge in [-0.25, -0.2) is 9.59 Å². The van der Waals surface area contributed by atoms with Crippen LogP contribution in [-0.4, -0.2) is 65.2 Å². The summed E-state index contributed by atoms with van der Waals surface area (Å²) in [6.45, 7) is 5.61. The van der Waals surface area contributed by atoms with E-state index >= 15 is 0 Å². The maximum atomic E-state index is 12.5. The Balaban J connectivity index is 2.85. The molecule has 1 heterocycles. The molecule has 1 rings (SSSR count). The molecule has 1 fully saturated rings. The van der Waals surface area contributed by atoms with Crippen molar-refractivity contribution in [3.8, 4) is 0 Å². The van der Waals surface area contributed by atoms with E-state index in [0.29, 0.717) is 13.0 Å². The number of carbonyl (C=O) groups is 3. The van der Waals surface area contributed by atoms with Gasteiger partial charge in [0, 0.05) is 13.1 Å². The molecule has 1 atom stereocenters. The van der Waals surface area contributed by atoms with Crippen molar-refractivity contribution in [2.45, 2.75) is 32.2 Å². The molecule has 0 saturated carbocycles. The summed E-state index contributed by atoms with van der Waals surface area (Å²) < 4.78 is 4.99. The highest BCUT2D eigenvalue weighted by atomic mass is 16.5. The highest BCUT2D eigenvalue weighted by Gasteiger charge is 2.35. The standard InChI is InChI=1S/C14H22N2O5/c1-3-8-15(10-12(17)18)14(20)16-9-6-5-7-11(16)13(19)21-4-2/h3,11H,1,4-10H2,2H3,(H,17,18). The van der Waals surface area contributed by atoms with Gasteiger partial charge in [0.2, 0.25) is 0 Å². The third-order valence-electron chi connectivity index (χ3n) is 3.25. The predicted octanol–water partition coefficient (Wildman–Crippen LogP) is 1.10. The number of carbonyl (C=O) groups excluding carboxylic acids is 2. The van der Waals surface area contributed by atoms with Crippen LogP contribution in [0.15, 0.2) is 12.7 Å². The number of amides is 2. The Bertz CT molecular complexity index is 410. The van der Waals surface area contributed by atoms with Crippen molar-refractivity contribution in [2.24, 2.45) is 0 Å². The first-order valence-electron chi connectivity index (χ1n) is 7.06. The van der Waals surface area contributed by atoms with Crippen LogP contribution in [0.3, 0.4) is 0 Å². The summed E-state index contributed by atoms with van der Waals surface area (Å²) >= 11 is 0. The third-order valence-corrected chi connectivity index (χ3v) is 3.25. The largest absolute Gasteiger partial charge is 0.480 e. The first kappa shape index (κ1) is 17.0. The fourth-order valence-corrected chi connectivity index (χ4v) is 2.36. The third kappa shape index (κ3) is 4.77. The van der Waals surface area contributed by atoms with Crippen LogP contribution in [0, 0.1) is 0 Å². The molecule has 0 aromatic heterocycles. The van der Waals surface area contributed by atoms with Gasteiger partial charge in [-0.15, -0.1) is 6.58 Å². The van der Waals surface area contributed by atoms with E-state index in [2.05, 4.69) is 6.58 Å². The molecule has 118 valence electrons. The van der Waals surface area contributed by atoms with Crippen LogP contribution in [-0.2, 0) is 14.3 Å². The number of aliphatic carboxylic acids is 1. The Labute approximate surface area is 124 Å². The van der Waals surface area contributed by atoms with Gasteiger partial charge in [-0.1, -0.05) is 6.08 Å². The van der Waals surface area contributed by atoms with Crippen molar-refractivity contribution < 1.29 is 24.2 Å². The van der Waals surface area contributed by atoms with Gasteiger partial charge in [0.25, 0.3) is 0 Å². The van der Waals surface area contributed by atoms with Crippen LogP contribution < -0.4 is 0 Å². The van der Waals surface area contributed by atoms with E-state index in [4.69, 9.17) is 9.84 Å². The number of hydrogen-bond acceptors (Lipinski definition) is 4. The molecule has 7 nitrogen and oxygen atoms in total. The van der Waals surface area contributed by atoms with Gasteiger partial charge >= 0.3 is 18.0 Å². The molecule has 1 saturated heterocycles. The van der Waals surface area contributed by atoms with Gasteiger partial charge in [0.1, 0.15) is 12.6 Å². The van der Waals surface area contributed by atoms with Gasteiger partial charge in [0.05, 0.1) is 6.61 Å². The number of carboxylic acids is 1. The summed E-state index contributed by atoms with van der Waals surface area (Å²) in [5, 5.41) is 8.88. The molecule has 21 heavy (non-hydrogen) atoms. The highest BCUT2D eigenvalue weighted by molar-refractivity contribution is 5.86. The SMILES string of the molecule is C=CCN(CC(=O)O)C(=O)N1CCCCC1C(=O)OCC. The summed E-state index contributed by atoms with van der Waals surface area (Å²) in [5.41, 5.74) is 0. The van der Waals surface area contributed by atoms with Crippen molar-refractivity contribution in [3.63, 3.8) is 0 Å². The Morgan fingerprint density at radius 2 is 2.14 bits per heavy atom. The summed E-state index contributed by atoms with van der Waals surface area (Å²) in [4.78, 5) is 37.8. The average Bonchev–Trinajstić information content (AvgIpc) is 2.46. The molecule has 1 N–H and O–H groups in total. The monoisotopic (exact) mass is 298 g/mol. The number of piperidine rings is 1. The van der Waals surface area contributed by atoms with E-state index in [1.807, 2.05) is 0 Å². The Kier molecular flexibility index (Phi) is 6.71. The predicted molar refractivity (Wildman–Crippen MR) is 75.8 cm³/mol. The molecular weight excluding hydrogens is 276 g/mol. The lowest BCUT2D eigenvalue weighted by Crippen LogP contribution is -2.54. The Hall–Kier alpha value is -2.05. The molecule has 0 aromatic rings. The minimum Gasteiger partial charge on any atom is -0.480 e. The maximum Gasteiger partial charge on any atom is 0.328 e. The molecule has 1 unspecified atom stereocenters. The maximum absolute atomic E-state index is 12.5. The molecule has 2 amide bonds. The Morgan fingerprint density at radius 1 is 1.43 bits per heavy atom. The van der Waals surface area contributed by atoms with E-state index in [9.17, 15) is 14.4 Å². The van der Waals surface area contributed by atoms with Crippen molar-refractivity contribution in [2.75, 3.05) is 26.2 Å². The second-order valence-electron chi connectivity index (χ2n) is 4.80. The number of rotatable bonds is 6. The number of ether oxygens (including phenoxy) is 1. The summed E-state index contributed by atoms with van der Waals surface area (Å²) in [6, 6.07) is -1.10. The number of carboxylic acid groups (broad SMARTS) is 1. The minimum absolute atomic E-state index is 0.122.